The number of fused-ring (bicyclic) bond motifs is 6. The highest BCUT2D eigenvalue weighted by molar-refractivity contribution is 5.79. The number of amides is 1. The molecule has 3 aromatic carbocycles. The van der Waals surface area contributed by atoms with Crippen LogP contribution in [0.4, 0.5) is 13.6 Å². The van der Waals surface area contributed by atoms with Gasteiger partial charge in [-0.3, -0.25) is 0 Å². The molecule has 3 heterocycles. The van der Waals surface area contributed by atoms with E-state index in [2.05, 4.69) is 33.7 Å². The molecule has 8 heteroatoms. The van der Waals surface area contributed by atoms with Crippen LogP contribution < -0.4 is 9.47 Å². The molecule has 2 unspecified atom stereocenters. The molecule has 0 spiro atoms. The maximum atomic E-state index is 13.5. The molecular weight excluding hydrogens is 480 g/mol. The molecule has 37 heavy (non-hydrogen) atoms. The molecule has 3 aliphatic heterocycles. The number of hydrogen-bond donors (Lipinski definition) is 1. The summed E-state index contributed by atoms with van der Waals surface area (Å²) >= 11 is 0. The molecule has 3 aromatic rings. The lowest BCUT2D eigenvalue weighted by Gasteiger charge is -2.43. The second kappa shape index (κ2) is 7.92. The minimum Gasteiger partial charge on any atom is -0.448 e. The zero-order valence-corrected chi connectivity index (χ0v) is 19.9. The minimum atomic E-state index is -3.71. The lowest BCUT2D eigenvalue weighted by atomic mass is 9.80. The fourth-order valence-electron chi connectivity index (χ4n) is 6.67. The summed E-state index contributed by atoms with van der Waals surface area (Å²) in [5.41, 5.74) is 3.87. The molecular formula is C29H25F2NO5. The molecule has 2 bridgehead atoms. The number of piperidine rings is 1. The first-order valence-electron chi connectivity index (χ1n) is 12.6. The van der Waals surface area contributed by atoms with E-state index in [4.69, 9.17) is 4.74 Å². The number of nitrogens with zero attached hydrogens (tertiary/aromatic N) is 1. The summed E-state index contributed by atoms with van der Waals surface area (Å²) in [5.74, 6) is -0.180. The van der Waals surface area contributed by atoms with Crippen molar-refractivity contribution in [3.63, 3.8) is 0 Å². The molecule has 0 aromatic heterocycles. The number of carbonyl (C=O) groups excluding carboxylic acids is 1. The average Bonchev–Trinajstić information content (AvgIpc) is 3.48. The summed E-state index contributed by atoms with van der Waals surface area (Å²) in [5, 5.41) is 11.5. The Kier molecular flexibility index (Phi) is 4.83. The van der Waals surface area contributed by atoms with Gasteiger partial charge in [-0.2, -0.15) is 0 Å². The number of rotatable bonds is 3. The van der Waals surface area contributed by atoms with Crippen molar-refractivity contribution in [1.29, 1.82) is 0 Å². The van der Waals surface area contributed by atoms with Crippen LogP contribution in [0.3, 0.4) is 0 Å². The maximum Gasteiger partial charge on any atom is 0.586 e. The Hall–Kier alpha value is -3.65. The third-order valence-electron chi connectivity index (χ3n) is 8.25. The lowest BCUT2D eigenvalue weighted by molar-refractivity contribution is -0.286. The van der Waals surface area contributed by atoms with Gasteiger partial charge in [0.2, 0.25) is 0 Å². The van der Waals surface area contributed by atoms with E-state index >= 15 is 0 Å². The highest BCUT2D eigenvalue weighted by atomic mass is 19.3. The molecule has 7 rings (SSSR count). The van der Waals surface area contributed by atoms with Crippen LogP contribution in [0.2, 0.25) is 0 Å². The Labute approximate surface area is 212 Å². The van der Waals surface area contributed by atoms with Crippen LogP contribution >= 0.6 is 0 Å². The van der Waals surface area contributed by atoms with Gasteiger partial charge in [0.05, 0.1) is 5.60 Å². The van der Waals surface area contributed by atoms with E-state index < -0.39 is 11.9 Å². The average molecular weight is 506 g/mol. The van der Waals surface area contributed by atoms with Gasteiger partial charge in [0.25, 0.3) is 0 Å². The van der Waals surface area contributed by atoms with Crippen molar-refractivity contribution in [2.24, 2.45) is 0 Å². The third-order valence-corrected chi connectivity index (χ3v) is 8.25. The van der Waals surface area contributed by atoms with Crippen LogP contribution in [-0.4, -0.2) is 41.1 Å². The molecule has 190 valence electrons. The number of benzene rings is 3. The Morgan fingerprint density at radius 1 is 0.919 bits per heavy atom. The predicted octanol–water partition coefficient (Wildman–Crippen LogP) is 5.77. The standard InChI is InChI=1S/C29H25F2NO5/c30-29(31)36-25-12-9-17(13-26(25)37-29)28(34)14-18-10-11-19(15-28)32(18)27(33)35-16-24-22-7-3-1-5-20(22)21-6-2-4-8-23(21)24/h1-9,12-13,18-19,24,34H,10-11,14-16H2. The maximum absolute atomic E-state index is 13.5. The summed E-state index contributed by atoms with van der Waals surface area (Å²) in [6, 6.07) is 20.4. The first kappa shape index (κ1) is 22.5. The van der Waals surface area contributed by atoms with Crippen molar-refractivity contribution in [3.8, 4) is 22.6 Å². The Balaban J connectivity index is 1.07. The van der Waals surface area contributed by atoms with E-state index in [1.807, 2.05) is 24.3 Å². The third kappa shape index (κ3) is 3.57. The van der Waals surface area contributed by atoms with Gasteiger partial charge in [0.1, 0.15) is 6.61 Å². The smallest absolute Gasteiger partial charge is 0.448 e. The van der Waals surface area contributed by atoms with E-state index in [0.29, 0.717) is 18.4 Å². The number of alkyl halides is 2. The van der Waals surface area contributed by atoms with Gasteiger partial charge in [0.15, 0.2) is 11.5 Å². The van der Waals surface area contributed by atoms with Crippen LogP contribution in [-0.2, 0) is 10.3 Å². The summed E-state index contributed by atoms with van der Waals surface area (Å²) in [7, 11) is 0. The van der Waals surface area contributed by atoms with Crippen molar-refractivity contribution in [2.75, 3.05) is 6.61 Å². The van der Waals surface area contributed by atoms with Crippen molar-refractivity contribution in [3.05, 3.63) is 83.4 Å². The van der Waals surface area contributed by atoms with Gasteiger partial charge >= 0.3 is 12.4 Å². The Morgan fingerprint density at radius 2 is 1.51 bits per heavy atom. The largest absolute Gasteiger partial charge is 0.586 e. The Morgan fingerprint density at radius 3 is 2.16 bits per heavy atom. The second-order valence-corrected chi connectivity index (χ2v) is 10.4. The van der Waals surface area contributed by atoms with E-state index in [1.165, 1.54) is 23.3 Å². The Bertz CT molecular complexity index is 1350. The molecule has 1 amide bonds. The SMILES string of the molecule is O=C(OCC1c2ccccc2-c2ccccc21)N1C2CCC1CC(O)(c1ccc3c(c1)OC(F)(F)O3)C2. The first-order valence-corrected chi connectivity index (χ1v) is 12.6. The molecule has 1 aliphatic carbocycles. The van der Waals surface area contributed by atoms with Crippen molar-refractivity contribution >= 4 is 6.09 Å². The van der Waals surface area contributed by atoms with Gasteiger partial charge in [-0.05, 0) is 52.8 Å². The molecule has 0 saturated carbocycles. The summed E-state index contributed by atoms with van der Waals surface area (Å²) < 4.78 is 41.9. The van der Waals surface area contributed by atoms with Crippen LogP contribution in [0.1, 0.15) is 48.3 Å². The topological polar surface area (TPSA) is 68.2 Å². The normalized spacial score (nSPS) is 26.6. The highest BCUT2D eigenvalue weighted by Crippen LogP contribution is 2.50. The summed E-state index contributed by atoms with van der Waals surface area (Å²) in [6.07, 6.45) is -2.00. The van der Waals surface area contributed by atoms with Crippen LogP contribution in [0, 0.1) is 0 Å². The monoisotopic (exact) mass is 505 g/mol. The number of halogens is 2. The van der Waals surface area contributed by atoms with Crippen molar-refractivity contribution in [1.82, 2.24) is 4.90 Å². The zero-order valence-electron chi connectivity index (χ0n) is 19.9. The zero-order chi connectivity index (χ0) is 25.4. The molecule has 0 radical (unpaired) electrons. The van der Waals surface area contributed by atoms with E-state index in [9.17, 15) is 18.7 Å². The van der Waals surface area contributed by atoms with Gasteiger partial charge in [-0.15, -0.1) is 8.78 Å². The molecule has 2 atom stereocenters. The predicted molar refractivity (Wildman–Crippen MR) is 129 cm³/mol. The van der Waals surface area contributed by atoms with Gasteiger partial charge < -0.3 is 24.2 Å². The quantitative estimate of drug-likeness (QED) is 0.490. The first-order chi connectivity index (χ1) is 17.8. The van der Waals surface area contributed by atoms with Crippen molar-refractivity contribution in [2.45, 2.75) is 55.6 Å². The number of hydrogen-bond acceptors (Lipinski definition) is 5. The summed E-state index contributed by atoms with van der Waals surface area (Å²) in [4.78, 5) is 15.1. The van der Waals surface area contributed by atoms with E-state index in [-0.39, 0.29) is 42.2 Å². The lowest BCUT2D eigenvalue weighted by Crippen LogP contribution is -2.52. The van der Waals surface area contributed by atoms with Crippen LogP contribution in [0.25, 0.3) is 11.1 Å². The fourth-order valence-corrected chi connectivity index (χ4v) is 6.67. The van der Waals surface area contributed by atoms with Gasteiger partial charge in [-0.1, -0.05) is 54.6 Å². The highest BCUT2D eigenvalue weighted by Gasteiger charge is 2.52. The van der Waals surface area contributed by atoms with E-state index in [1.54, 1.807) is 11.0 Å². The molecule has 4 aliphatic rings. The number of aliphatic hydroxyl groups is 1. The summed E-state index contributed by atoms with van der Waals surface area (Å²) in [6.45, 7) is 0.240. The van der Waals surface area contributed by atoms with Crippen LogP contribution in [0.15, 0.2) is 66.7 Å². The number of ether oxygens (including phenoxy) is 3. The number of carbonyl (C=O) groups is 1. The fraction of sp³-hybridized carbons (Fsp3) is 0.345. The van der Waals surface area contributed by atoms with Crippen LogP contribution in [0.5, 0.6) is 11.5 Å². The van der Waals surface area contributed by atoms with Gasteiger partial charge in [0, 0.05) is 30.8 Å². The van der Waals surface area contributed by atoms with Crippen molar-refractivity contribution < 1.29 is 32.9 Å². The molecule has 2 saturated heterocycles. The second-order valence-electron chi connectivity index (χ2n) is 10.4. The molecule has 6 nitrogen and oxygen atoms in total. The molecule has 1 N–H and O–H groups in total. The minimum absolute atomic E-state index is 0.0255. The van der Waals surface area contributed by atoms with E-state index in [0.717, 1.165) is 24.0 Å². The van der Waals surface area contributed by atoms with Gasteiger partial charge in [-0.25, -0.2) is 4.79 Å². The molecule has 2 fully saturated rings.